The SMILES string of the molecule is CN(CC(CCN1CCCN(c2nc3ccccc3n2Cc2ccco2)CC1)c1ccc(Cl)cc1)C(=O)c1ccccc1. The molecule has 2 aromatic heterocycles. The van der Waals surface area contributed by atoms with Gasteiger partial charge in [0.15, 0.2) is 0 Å². The number of halogens is 1. The number of carbonyl (C=O) groups is 1. The fraction of sp³-hybridized carbons (Fsp3) is 0.314. The van der Waals surface area contributed by atoms with E-state index < -0.39 is 0 Å². The van der Waals surface area contributed by atoms with Crippen molar-refractivity contribution in [3.63, 3.8) is 0 Å². The van der Waals surface area contributed by atoms with E-state index in [0.29, 0.717) is 18.7 Å². The Morgan fingerprint density at radius 3 is 2.51 bits per heavy atom. The first kappa shape index (κ1) is 29.0. The predicted octanol–water partition coefficient (Wildman–Crippen LogP) is 6.79. The van der Waals surface area contributed by atoms with Crippen LogP contribution in [-0.2, 0) is 6.54 Å². The van der Waals surface area contributed by atoms with Crippen molar-refractivity contribution in [1.29, 1.82) is 0 Å². The highest BCUT2D eigenvalue weighted by atomic mass is 35.5. The maximum Gasteiger partial charge on any atom is 0.253 e. The lowest BCUT2D eigenvalue weighted by Crippen LogP contribution is -2.35. The van der Waals surface area contributed by atoms with E-state index in [0.717, 1.165) is 73.3 Å². The largest absolute Gasteiger partial charge is 0.467 e. The molecule has 3 aromatic carbocycles. The molecule has 1 aliphatic rings. The second kappa shape index (κ2) is 13.5. The number of hydrogen-bond acceptors (Lipinski definition) is 5. The molecular formula is C35H38ClN5O2. The summed E-state index contributed by atoms with van der Waals surface area (Å²) in [5.74, 6) is 2.17. The summed E-state index contributed by atoms with van der Waals surface area (Å²) in [4.78, 5) is 25.0. The number of carbonyl (C=O) groups excluding carboxylic acids is 1. The van der Waals surface area contributed by atoms with E-state index in [-0.39, 0.29) is 11.8 Å². The van der Waals surface area contributed by atoms with E-state index in [1.54, 1.807) is 6.26 Å². The van der Waals surface area contributed by atoms with Crippen molar-refractivity contribution in [3.8, 4) is 0 Å². The van der Waals surface area contributed by atoms with Crippen molar-refractivity contribution < 1.29 is 9.21 Å². The Morgan fingerprint density at radius 1 is 0.930 bits per heavy atom. The van der Waals surface area contributed by atoms with E-state index in [4.69, 9.17) is 21.0 Å². The third-order valence-electron chi connectivity index (χ3n) is 8.40. The van der Waals surface area contributed by atoms with Gasteiger partial charge in [0.25, 0.3) is 5.91 Å². The number of rotatable bonds is 10. The van der Waals surface area contributed by atoms with Gasteiger partial charge in [-0.2, -0.15) is 0 Å². The van der Waals surface area contributed by atoms with Crippen LogP contribution in [-0.4, -0.2) is 71.6 Å². The Kier molecular flexibility index (Phi) is 9.10. The average Bonchev–Trinajstić information content (AvgIpc) is 3.62. The molecule has 1 fully saturated rings. The fourth-order valence-electron chi connectivity index (χ4n) is 6.06. The van der Waals surface area contributed by atoms with Gasteiger partial charge in [-0.05, 0) is 80.0 Å². The molecule has 8 heteroatoms. The Balaban J connectivity index is 1.14. The molecule has 1 atom stereocenters. The summed E-state index contributed by atoms with van der Waals surface area (Å²) in [7, 11) is 1.90. The molecule has 7 nitrogen and oxygen atoms in total. The van der Waals surface area contributed by atoms with Gasteiger partial charge >= 0.3 is 0 Å². The second-order valence-corrected chi connectivity index (χ2v) is 11.8. The molecule has 5 aromatic rings. The van der Waals surface area contributed by atoms with Crippen molar-refractivity contribution in [2.24, 2.45) is 0 Å². The van der Waals surface area contributed by atoms with Gasteiger partial charge in [0.05, 0.1) is 23.8 Å². The second-order valence-electron chi connectivity index (χ2n) is 11.3. The highest BCUT2D eigenvalue weighted by Crippen LogP contribution is 2.27. The Labute approximate surface area is 258 Å². The zero-order chi connectivity index (χ0) is 29.6. The predicted molar refractivity (Wildman–Crippen MR) is 173 cm³/mol. The van der Waals surface area contributed by atoms with E-state index >= 15 is 0 Å². The lowest BCUT2D eigenvalue weighted by Gasteiger charge is -2.28. The topological polar surface area (TPSA) is 57.8 Å². The Morgan fingerprint density at radius 2 is 1.72 bits per heavy atom. The summed E-state index contributed by atoms with van der Waals surface area (Å²) in [6, 6.07) is 29.9. The zero-order valence-electron chi connectivity index (χ0n) is 24.6. The number of fused-ring (bicyclic) bond motifs is 1. The molecule has 0 radical (unpaired) electrons. The Bertz CT molecular complexity index is 1620. The van der Waals surface area contributed by atoms with Gasteiger partial charge < -0.3 is 23.7 Å². The molecule has 1 unspecified atom stereocenters. The number of benzene rings is 3. The summed E-state index contributed by atoms with van der Waals surface area (Å²) in [5, 5.41) is 0.724. The van der Waals surface area contributed by atoms with Gasteiger partial charge in [-0.15, -0.1) is 0 Å². The number of imidazole rings is 1. The number of furan rings is 1. The highest BCUT2D eigenvalue weighted by Gasteiger charge is 2.24. The minimum atomic E-state index is 0.0439. The van der Waals surface area contributed by atoms with Gasteiger partial charge in [0.2, 0.25) is 5.95 Å². The average molecular weight is 596 g/mol. The maximum absolute atomic E-state index is 13.2. The van der Waals surface area contributed by atoms with Crippen molar-refractivity contribution in [2.75, 3.05) is 51.2 Å². The first-order chi connectivity index (χ1) is 21.0. The standard InChI is InChI=1S/C35H38ClN5O2/c1-38(34(42)28-9-3-2-4-10-28)25-29(27-14-16-30(36)17-15-27)18-21-39-19-8-20-40(23-22-39)35-37-32-12-5-6-13-33(32)41(35)26-31-11-7-24-43-31/h2-7,9-17,24,29H,8,18-23,25-26H2,1H3. The van der Waals surface area contributed by atoms with Gasteiger partial charge in [-0.25, -0.2) is 4.98 Å². The van der Waals surface area contributed by atoms with Crippen LogP contribution in [0.2, 0.25) is 5.02 Å². The van der Waals surface area contributed by atoms with E-state index in [9.17, 15) is 4.79 Å². The first-order valence-electron chi connectivity index (χ1n) is 15.1. The van der Waals surface area contributed by atoms with E-state index in [1.807, 2.05) is 72.6 Å². The smallest absolute Gasteiger partial charge is 0.253 e. The first-order valence-corrected chi connectivity index (χ1v) is 15.4. The van der Waals surface area contributed by atoms with Crippen LogP contribution in [0.4, 0.5) is 5.95 Å². The normalized spacial score (nSPS) is 15.0. The summed E-state index contributed by atoms with van der Waals surface area (Å²) in [6.07, 6.45) is 3.73. The number of aromatic nitrogens is 2. The Hall–Kier alpha value is -4.07. The monoisotopic (exact) mass is 595 g/mol. The van der Waals surface area contributed by atoms with Crippen LogP contribution in [0.1, 0.15) is 40.4 Å². The molecule has 1 saturated heterocycles. The maximum atomic E-state index is 13.2. The lowest BCUT2D eigenvalue weighted by molar-refractivity contribution is 0.0782. The number of likely N-dealkylation sites (N-methyl/N-ethyl adjacent to an activating group) is 1. The van der Waals surface area contributed by atoms with Gasteiger partial charge in [-0.3, -0.25) is 4.79 Å². The van der Waals surface area contributed by atoms with Crippen molar-refractivity contribution >= 4 is 34.5 Å². The third kappa shape index (κ3) is 6.95. The molecule has 222 valence electrons. The summed E-state index contributed by atoms with van der Waals surface area (Å²) < 4.78 is 7.97. The summed E-state index contributed by atoms with van der Waals surface area (Å²) in [5.41, 5.74) is 4.05. The van der Waals surface area contributed by atoms with E-state index in [2.05, 4.69) is 44.7 Å². The highest BCUT2D eigenvalue weighted by molar-refractivity contribution is 6.30. The molecule has 1 aliphatic heterocycles. The molecular weight excluding hydrogens is 558 g/mol. The van der Waals surface area contributed by atoms with Gasteiger partial charge in [-0.1, -0.05) is 54.1 Å². The van der Waals surface area contributed by atoms with Crippen LogP contribution in [0.25, 0.3) is 11.0 Å². The van der Waals surface area contributed by atoms with Crippen LogP contribution >= 0.6 is 11.6 Å². The van der Waals surface area contributed by atoms with Crippen LogP contribution < -0.4 is 4.90 Å². The van der Waals surface area contributed by atoms with Crippen LogP contribution in [0.5, 0.6) is 0 Å². The van der Waals surface area contributed by atoms with E-state index in [1.165, 1.54) is 5.56 Å². The number of hydrogen-bond donors (Lipinski definition) is 0. The summed E-state index contributed by atoms with van der Waals surface area (Å²) >= 11 is 6.22. The van der Waals surface area contributed by atoms with Crippen LogP contribution in [0.3, 0.4) is 0 Å². The molecule has 6 rings (SSSR count). The van der Waals surface area contributed by atoms with Crippen molar-refractivity contribution in [3.05, 3.63) is 119 Å². The molecule has 0 bridgehead atoms. The zero-order valence-corrected chi connectivity index (χ0v) is 25.4. The molecule has 0 saturated carbocycles. The minimum absolute atomic E-state index is 0.0439. The molecule has 43 heavy (non-hydrogen) atoms. The van der Waals surface area contributed by atoms with Crippen LogP contribution in [0, 0.1) is 0 Å². The minimum Gasteiger partial charge on any atom is -0.467 e. The third-order valence-corrected chi connectivity index (χ3v) is 8.65. The summed E-state index contributed by atoms with van der Waals surface area (Å²) in [6.45, 7) is 6.09. The fourth-order valence-corrected chi connectivity index (χ4v) is 6.19. The van der Waals surface area contributed by atoms with Crippen molar-refractivity contribution in [1.82, 2.24) is 19.4 Å². The number of nitrogens with zero attached hydrogens (tertiary/aromatic N) is 5. The van der Waals surface area contributed by atoms with Crippen LogP contribution in [0.15, 0.2) is 102 Å². The number of anilines is 1. The number of amides is 1. The molecule has 0 aliphatic carbocycles. The number of para-hydroxylation sites is 2. The molecule has 0 N–H and O–H groups in total. The molecule has 1 amide bonds. The van der Waals surface area contributed by atoms with Crippen molar-refractivity contribution in [2.45, 2.75) is 25.3 Å². The quantitative estimate of drug-likeness (QED) is 0.178. The molecule has 3 heterocycles. The lowest BCUT2D eigenvalue weighted by atomic mass is 9.94. The molecule has 0 spiro atoms. The van der Waals surface area contributed by atoms with Gasteiger partial charge in [0.1, 0.15) is 5.76 Å². The van der Waals surface area contributed by atoms with Gasteiger partial charge in [0, 0.05) is 49.7 Å².